The maximum Gasteiger partial charge on any atom is 0.253 e. The summed E-state index contributed by atoms with van der Waals surface area (Å²) in [5.41, 5.74) is 2.27. The van der Waals surface area contributed by atoms with Gasteiger partial charge in [0.25, 0.3) is 5.56 Å². The van der Waals surface area contributed by atoms with Crippen molar-refractivity contribution in [1.29, 1.82) is 0 Å². The number of nitrogens with one attached hydrogen (secondary N) is 2. The van der Waals surface area contributed by atoms with Crippen molar-refractivity contribution in [2.24, 2.45) is 0 Å². The summed E-state index contributed by atoms with van der Waals surface area (Å²) in [6.07, 6.45) is 4.38. The molecule has 30 heavy (non-hydrogen) atoms. The van der Waals surface area contributed by atoms with Gasteiger partial charge in [0, 0.05) is 55.7 Å². The highest BCUT2D eigenvalue weighted by Crippen LogP contribution is 2.19. The fourth-order valence-corrected chi connectivity index (χ4v) is 3.35. The predicted molar refractivity (Wildman–Crippen MR) is 122 cm³/mol. The van der Waals surface area contributed by atoms with Crippen LogP contribution in [0.25, 0.3) is 10.9 Å². The molecule has 7 nitrogen and oxygen atoms in total. The maximum absolute atomic E-state index is 12.7. The first-order chi connectivity index (χ1) is 14.6. The van der Waals surface area contributed by atoms with Gasteiger partial charge in [-0.1, -0.05) is 6.07 Å². The van der Waals surface area contributed by atoms with Gasteiger partial charge in [-0.2, -0.15) is 0 Å². The molecule has 0 unspecified atom stereocenters. The first kappa shape index (κ1) is 21.7. The topological polar surface area (TPSA) is 79.5 Å². The molecule has 3 aromatic rings. The molecule has 1 aromatic carbocycles. The molecular weight excluding hydrogens is 400 g/mol. The van der Waals surface area contributed by atoms with E-state index in [-0.39, 0.29) is 5.56 Å². The van der Waals surface area contributed by atoms with Crippen LogP contribution in [-0.2, 0) is 17.8 Å². The minimum atomic E-state index is -0.133. The molecule has 0 radical (unpaired) electrons. The van der Waals surface area contributed by atoms with Gasteiger partial charge in [-0.3, -0.25) is 9.78 Å². The highest BCUT2D eigenvalue weighted by Gasteiger charge is 2.14. The lowest BCUT2D eigenvalue weighted by Gasteiger charge is -2.26. The molecule has 0 aliphatic heterocycles. The fourth-order valence-electron chi connectivity index (χ4n) is 3.12. The van der Waals surface area contributed by atoms with E-state index in [0.717, 1.165) is 28.6 Å². The van der Waals surface area contributed by atoms with Gasteiger partial charge in [0.05, 0.1) is 13.7 Å². The number of methoxy groups -OCH3 is 2. The Bertz CT molecular complexity index is 1040. The number of benzene rings is 1. The van der Waals surface area contributed by atoms with Gasteiger partial charge in [0.2, 0.25) is 0 Å². The molecule has 2 heterocycles. The van der Waals surface area contributed by atoms with E-state index in [1.165, 1.54) is 0 Å². The monoisotopic (exact) mass is 426 g/mol. The van der Waals surface area contributed by atoms with Crippen molar-refractivity contribution in [2.45, 2.75) is 19.5 Å². The standard InChI is InChI=1S/C22H26N4O3S/c1-28-10-4-9-24-22(30)26(14-16-5-3-8-23-13-16)15-18-11-17-12-19(29-2)6-7-20(17)25-21(18)27/h3,5-8,11-13H,4,9-10,14-15H2,1-2H3,(H,24,30)(H,25,27). The Labute approximate surface area is 181 Å². The van der Waals surface area contributed by atoms with E-state index < -0.39 is 0 Å². The Morgan fingerprint density at radius 1 is 1.23 bits per heavy atom. The fraction of sp³-hybridized carbons (Fsp3) is 0.318. The van der Waals surface area contributed by atoms with Crippen LogP contribution in [0, 0.1) is 0 Å². The number of ether oxygens (including phenoxy) is 2. The minimum absolute atomic E-state index is 0.133. The second-order valence-electron chi connectivity index (χ2n) is 6.87. The van der Waals surface area contributed by atoms with Crippen molar-refractivity contribution in [1.82, 2.24) is 20.2 Å². The van der Waals surface area contributed by atoms with Gasteiger partial charge in [0.15, 0.2) is 5.11 Å². The first-order valence-corrected chi connectivity index (χ1v) is 10.1. The molecule has 0 saturated carbocycles. The number of aromatic amines is 1. The normalized spacial score (nSPS) is 10.7. The molecule has 2 N–H and O–H groups in total. The number of aromatic nitrogens is 2. The van der Waals surface area contributed by atoms with Crippen LogP contribution < -0.4 is 15.6 Å². The average molecular weight is 427 g/mol. The Balaban J connectivity index is 1.84. The van der Waals surface area contributed by atoms with E-state index in [1.807, 2.05) is 41.3 Å². The number of fused-ring (bicyclic) bond motifs is 1. The number of hydrogen-bond acceptors (Lipinski definition) is 5. The number of hydrogen-bond donors (Lipinski definition) is 2. The van der Waals surface area contributed by atoms with Crippen LogP contribution in [0.2, 0.25) is 0 Å². The van der Waals surface area contributed by atoms with Gasteiger partial charge >= 0.3 is 0 Å². The van der Waals surface area contributed by atoms with Gasteiger partial charge < -0.3 is 24.7 Å². The van der Waals surface area contributed by atoms with Gasteiger partial charge in [0.1, 0.15) is 5.75 Å². The largest absolute Gasteiger partial charge is 0.497 e. The highest BCUT2D eigenvalue weighted by molar-refractivity contribution is 7.80. The third kappa shape index (κ3) is 5.77. The van der Waals surface area contributed by atoms with Crippen LogP contribution in [0.3, 0.4) is 0 Å². The zero-order valence-corrected chi connectivity index (χ0v) is 18.0. The van der Waals surface area contributed by atoms with Gasteiger partial charge in [-0.15, -0.1) is 0 Å². The van der Waals surface area contributed by atoms with E-state index in [9.17, 15) is 4.79 Å². The van der Waals surface area contributed by atoms with Crippen molar-refractivity contribution in [3.05, 3.63) is 70.3 Å². The second kappa shape index (κ2) is 10.7. The van der Waals surface area contributed by atoms with E-state index in [2.05, 4.69) is 15.3 Å². The molecule has 8 heteroatoms. The summed E-state index contributed by atoms with van der Waals surface area (Å²) in [4.78, 5) is 21.8. The predicted octanol–water partition coefficient (Wildman–Crippen LogP) is 2.84. The van der Waals surface area contributed by atoms with Crippen LogP contribution >= 0.6 is 12.2 Å². The lowest BCUT2D eigenvalue weighted by Crippen LogP contribution is -2.40. The van der Waals surface area contributed by atoms with Crippen molar-refractivity contribution in [3.8, 4) is 5.75 Å². The Morgan fingerprint density at radius 2 is 2.10 bits per heavy atom. The summed E-state index contributed by atoms with van der Waals surface area (Å²) >= 11 is 5.62. The third-order valence-electron chi connectivity index (χ3n) is 4.67. The zero-order valence-electron chi connectivity index (χ0n) is 17.2. The van der Waals surface area contributed by atoms with Crippen molar-refractivity contribution >= 4 is 28.2 Å². The van der Waals surface area contributed by atoms with Gasteiger partial charge in [-0.25, -0.2) is 0 Å². The molecule has 0 saturated heterocycles. The lowest BCUT2D eigenvalue weighted by atomic mass is 10.1. The molecule has 0 spiro atoms. The molecule has 0 aliphatic carbocycles. The van der Waals surface area contributed by atoms with Crippen LogP contribution in [0.4, 0.5) is 0 Å². The Kier molecular flexibility index (Phi) is 7.75. The average Bonchev–Trinajstić information content (AvgIpc) is 2.77. The molecule has 0 bridgehead atoms. The smallest absolute Gasteiger partial charge is 0.253 e. The summed E-state index contributed by atoms with van der Waals surface area (Å²) in [6.45, 7) is 2.26. The van der Waals surface area contributed by atoms with Crippen molar-refractivity contribution < 1.29 is 9.47 Å². The quantitative estimate of drug-likeness (QED) is 0.402. The minimum Gasteiger partial charge on any atom is -0.497 e. The number of rotatable bonds is 9. The maximum atomic E-state index is 12.7. The zero-order chi connectivity index (χ0) is 21.3. The third-order valence-corrected chi connectivity index (χ3v) is 5.08. The van der Waals surface area contributed by atoms with Crippen molar-refractivity contribution in [3.63, 3.8) is 0 Å². The summed E-state index contributed by atoms with van der Waals surface area (Å²) in [6, 6.07) is 11.3. The number of thiocarbonyl (C=S) groups is 1. The Morgan fingerprint density at radius 3 is 2.83 bits per heavy atom. The second-order valence-corrected chi connectivity index (χ2v) is 7.26. The van der Waals surface area contributed by atoms with Gasteiger partial charge in [-0.05, 0) is 54.5 Å². The number of H-pyrrole nitrogens is 1. The molecule has 2 aromatic heterocycles. The Hall–Kier alpha value is -2.97. The van der Waals surface area contributed by atoms with Crippen LogP contribution in [0.15, 0.2) is 53.6 Å². The van der Waals surface area contributed by atoms with E-state index in [1.54, 1.807) is 26.6 Å². The highest BCUT2D eigenvalue weighted by atomic mass is 32.1. The lowest BCUT2D eigenvalue weighted by molar-refractivity contribution is 0.195. The van der Waals surface area contributed by atoms with E-state index in [4.69, 9.17) is 21.7 Å². The van der Waals surface area contributed by atoms with Crippen LogP contribution in [-0.4, -0.2) is 47.4 Å². The van der Waals surface area contributed by atoms with Crippen LogP contribution in [0.5, 0.6) is 5.75 Å². The molecular formula is C22H26N4O3S. The molecule has 0 amide bonds. The van der Waals surface area contributed by atoms with Crippen molar-refractivity contribution in [2.75, 3.05) is 27.4 Å². The van der Waals surface area contributed by atoms with E-state index >= 15 is 0 Å². The number of nitrogens with zero attached hydrogens (tertiary/aromatic N) is 2. The summed E-state index contributed by atoms with van der Waals surface area (Å²) < 4.78 is 10.4. The first-order valence-electron chi connectivity index (χ1n) is 9.71. The van der Waals surface area contributed by atoms with E-state index in [0.29, 0.717) is 36.9 Å². The molecule has 158 valence electrons. The molecule has 0 atom stereocenters. The summed E-state index contributed by atoms with van der Waals surface area (Å²) in [7, 11) is 3.30. The molecule has 3 rings (SSSR count). The molecule has 0 aliphatic rings. The summed E-state index contributed by atoms with van der Waals surface area (Å²) in [5.74, 6) is 0.739. The van der Waals surface area contributed by atoms with Crippen LogP contribution in [0.1, 0.15) is 17.5 Å². The summed E-state index contributed by atoms with van der Waals surface area (Å²) in [5, 5.41) is 4.75. The molecule has 0 fully saturated rings. The number of pyridine rings is 2. The SMILES string of the molecule is COCCCNC(=S)N(Cc1cccnc1)Cc1cc2cc(OC)ccc2[nH]c1=O.